The Kier molecular flexibility index (Phi) is 5.15. The van der Waals surface area contributed by atoms with E-state index in [0.717, 1.165) is 22.5 Å². The van der Waals surface area contributed by atoms with Gasteiger partial charge in [-0.1, -0.05) is 24.3 Å². The SMILES string of the molecule is C[C@@H]1CC(=O)Nc2cccc(-c3ccc(S(=O)[O-])cc3)c2N1.N. The summed E-state index contributed by atoms with van der Waals surface area (Å²) in [7, 11) is 0. The number of nitrogens with one attached hydrogen (secondary N) is 2. The maximum atomic E-state index is 11.8. The Bertz CT molecular complexity index is 747. The van der Waals surface area contributed by atoms with Crippen molar-refractivity contribution in [3.63, 3.8) is 0 Å². The van der Waals surface area contributed by atoms with Crippen molar-refractivity contribution in [1.82, 2.24) is 6.15 Å². The van der Waals surface area contributed by atoms with Crippen LogP contribution in [0.4, 0.5) is 11.4 Å². The molecule has 0 spiro atoms. The smallest absolute Gasteiger partial charge is 0.226 e. The Balaban J connectivity index is 0.00000192. The van der Waals surface area contributed by atoms with E-state index in [9.17, 15) is 13.6 Å². The van der Waals surface area contributed by atoms with Gasteiger partial charge in [0.05, 0.1) is 11.4 Å². The highest BCUT2D eigenvalue weighted by Crippen LogP contribution is 2.36. The number of para-hydroxylation sites is 1. The van der Waals surface area contributed by atoms with Crippen molar-refractivity contribution in [3.8, 4) is 11.1 Å². The topological polar surface area (TPSA) is 116 Å². The highest BCUT2D eigenvalue weighted by atomic mass is 32.2. The minimum absolute atomic E-state index is 0. The number of fused-ring (bicyclic) bond motifs is 1. The van der Waals surface area contributed by atoms with Crippen LogP contribution >= 0.6 is 0 Å². The van der Waals surface area contributed by atoms with Gasteiger partial charge in [-0.15, -0.1) is 0 Å². The number of carbonyl (C=O) groups excluding carboxylic acids is 1. The maximum Gasteiger partial charge on any atom is 0.226 e. The molecule has 0 aliphatic carbocycles. The van der Waals surface area contributed by atoms with Crippen molar-refractivity contribution in [2.75, 3.05) is 10.6 Å². The highest BCUT2D eigenvalue weighted by molar-refractivity contribution is 7.79. The van der Waals surface area contributed by atoms with Crippen molar-refractivity contribution in [2.24, 2.45) is 0 Å². The predicted molar refractivity (Wildman–Crippen MR) is 90.4 cm³/mol. The average molecular weight is 332 g/mol. The minimum atomic E-state index is -2.23. The molecule has 2 atom stereocenters. The van der Waals surface area contributed by atoms with Crippen LogP contribution in [-0.4, -0.2) is 20.7 Å². The summed E-state index contributed by atoms with van der Waals surface area (Å²) in [5, 5.41) is 6.24. The lowest BCUT2D eigenvalue weighted by molar-refractivity contribution is -0.116. The van der Waals surface area contributed by atoms with E-state index in [0.29, 0.717) is 6.42 Å². The number of anilines is 2. The molecule has 5 N–H and O–H groups in total. The fourth-order valence-corrected chi connectivity index (χ4v) is 2.93. The molecule has 0 saturated carbocycles. The summed E-state index contributed by atoms with van der Waals surface area (Å²) in [4.78, 5) is 12.1. The van der Waals surface area contributed by atoms with Crippen LogP contribution < -0.4 is 16.8 Å². The summed E-state index contributed by atoms with van der Waals surface area (Å²) in [6.07, 6.45) is 0.405. The van der Waals surface area contributed by atoms with Crippen molar-refractivity contribution in [1.29, 1.82) is 0 Å². The number of hydrogen-bond acceptors (Lipinski definition) is 5. The second-order valence-electron chi connectivity index (χ2n) is 5.28. The van der Waals surface area contributed by atoms with Crippen LogP contribution in [-0.2, 0) is 15.9 Å². The molecule has 1 unspecified atom stereocenters. The third-order valence-corrected chi connectivity index (χ3v) is 4.24. The summed E-state index contributed by atoms with van der Waals surface area (Å²) in [6, 6.07) is 12.3. The van der Waals surface area contributed by atoms with E-state index in [1.807, 2.05) is 25.1 Å². The van der Waals surface area contributed by atoms with E-state index in [2.05, 4.69) is 10.6 Å². The molecule has 122 valence electrons. The van der Waals surface area contributed by atoms with Crippen molar-refractivity contribution >= 4 is 28.4 Å². The minimum Gasteiger partial charge on any atom is -0.768 e. The zero-order valence-corrected chi connectivity index (χ0v) is 13.5. The van der Waals surface area contributed by atoms with Crippen LogP contribution in [0, 0.1) is 0 Å². The standard InChI is InChI=1S/C16H16N2O3S.H3N/c1-10-9-15(19)18-14-4-2-3-13(16(14)17-10)11-5-7-12(8-6-11)22(20)21;/h2-8,10,17H,9H2,1H3,(H,18,19)(H,20,21);1H3/p-1/t10-;/m1./s1. The lowest BCUT2D eigenvalue weighted by Gasteiger charge is -2.17. The third-order valence-electron chi connectivity index (χ3n) is 3.58. The fourth-order valence-electron chi connectivity index (χ4n) is 2.57. The van der Waals surface area contributed by atoms with E-state index in [-0.39, 0.29) is 23.0 Å². The fraction of sp³-hybridized carbons (Fsp3) is 0.188. The van der Waals surface area contributed by atoms with Gasteiger partial charge in [-0.05, 0) is 41.8 Å². The highest BCUT2D eigenvalue weighted by Gasteiger charge is 2.20. The van der Waals surface area contributed by atoms with Gasteiger partial charge in [0, 0.05) is 22.9 Å². The van der Waals surface area contributed by atoms with Gasteiger partial charge in [0.2, 0.25) is 5.91 Å². The zero-order valence-electron chi connectivity index (χ0n) is 12.7. The van der Waals surface area contributed by atoms with Gasteiger partial charge in [-0.3, -0.25) is 9.00 Å². The van der Waals surface area contributed by atoms with Crippen molar-refractivity contribution in [3.05, 3.63) is 42.5 Å². The number of benzene rings is 2. The van der Waals surface area contributed by atoms with E-state index in [1.165, 1.54) is 0 Å². The lowest BCUT2D eigenvalue weighted by atomic mass is 10.0. The van der Waals surface area contributed by atoms with E-state index in [4.69, 9.17) is 0 Å². The average Bonchev–Trinajstić information content (AvgIpc) is 2.63. The normalized spacial score (nSPS) is 17.8. The largest absolute Gasteiger partial charge is 0.768 e. The Morgan fingerprint density at radius 3 is 2.52 bits per heavy atom. The molecular formula is C16H18N3O3S-. The first kappa shape index (κ1) is 17.1. The molecule has 7 heteroatoms. The van der Waals surface area contributed by atoms with Crippen LogP contribution in [0.5, 0.6) is 0 Å². The molecule has 0 aromatic heterocycles. The molecule has 23 heavy (non-hydrogen) atoms. The van der Waals surface area contributed by atoms with Gasteiger partial charge < -0.3 is 21.3 Å². The van der Waals surface area contributed by atoms with Crippen LogP contribution in [0.1, 0.15) is 13.3 Å². The molecule has 0 fully saturated rings. The Hall–Kier alpha value is -2.22. The first-order valence-corrected chi connectivity index (χ1v) is 8.01. The van der Waals surface area contributed by atoms with E-state index in [1.54, 1.807) is 24.3 Å². The molecule has 2 aromatic rings. The van der Waals surface area contributed by atoms with Crippen LogP contribution in [0.2, 0.25) is 0 Å². The summed E-state index contributed by atoms with van der Waals surface area (Å²) >= 11 is -2.23. The number of carbonyl (C=O) groups is 1. The summed E-state index contributed by atoms with van der Waals surface area (Å²) in [5.41, 5.74) is 3.41. The molecule has 0 radical (unpaired) electrons. The molecular weight excluding hydrogens is 314 g/mol. The van der Waals surface area contributed by atoms with Gasteiger partial charge in [0.15, 0.2) is 0 Å². The van der Waals surface area contributed by atoms with Crippen LogP contribution in [0.3, 0.4) is 0 Å². The summed E-state index contributed by atoms with van der Waals surface area (Å²) in [5.74, 6) is -0.0204. The van der Waals surface area contributed by atoms with E-state index >= 15 is 0 Å². The molecule has 3 rings (SSSR count). The second-order valence-corrected chi connectivity index (χ2v) is 6.23. The summed E-state index contributed by atoms with van der Waals surface area (Å²) < 4.78 is 21.9. The molecule has 1 amide bonds. The third kappa shape index (κ3) is 3.58. The first-order valence-electron chi connectivity index (χ1n) is 6.93. The van der Waals surface area contributed by atoms with Gasteiger partial charge in [0.25, 0.3) is 0 Å². The maximum absolute atomic E-state index is 11.8. The number of hydrogen-bond donors (Lipinski definition) is 3. The first-order chi connectivity index (χ1) is 10.5. The summed E-state index contributed by atoms with van der Waals surface area (Å²) in [6.45, 7) is 1.95. The second kappa shape index (κ2) is 6.91. The van der Waals surface area contributed by atoms with Crippen molar-refractivity contribution < 1.29 is 13.6 Å². The zero-order chi connectivity index (χ0) is 15.7. The van der Waals surface area contributed by atoms with Crippen LogP contribution in [0.15, 0.2) is 47.4 Å². The lowest BCUT2D eigenvalue weighted by Crippen LogP contribution is -2.19. The molecule has 0 bridgehead atoms. The molecule has 1 heterocycles. The molecule has 2 aromatic carbocycles. The Labute approximate surface area is 137 Å². The Morgan fingerprint density at radius 2 is 1.87 bits per heavy atom. The van der Waals surface area contributed by atoms with Gasteiger partial charge in [-0.2, -0.15) is 0 Å². The Morgan fingerprint density at radius 1 is 1.17 bits per heavy atom. The molecule has 1 aliphatic rings. The van der Waals surface area contributed by atoms with Crippen molar-refractivity contribution in [2.45, 2.75) is 24.3 Å². The number of rotatable bonds is 2. The van der Waals surface area contributed by atoms with Gasteiger partial charge in [-0.25, -0.2) is 0 Å². The molecule has 0 saturated heterocycles. The molecule has 1 aliphatic heterocycles. The predicted octanol–water partition coefficient (Wildman–Crippen LogP) is 2.90. The quantitative estimate of drug-likeness (QED) is 0.731. The monoisotopic (exact) mass is 332 g/mol. The van der Waals surface area contributed by atoms with Crippen LogP contribution in [0.25, 0.3) is 11.1 Å². The van der Waals surface area contributed by atoms with E-state index < -0.39 is 11.1 Å². The molecule has 6 nitrogen and oxygen atoms in total. The van der Waals surface area contributed by atoms with Gasteiger partial charge >= 0.3 is 0 Å². The number of amides is 1. The van der Waals surface area contributed by atoms with Gasteiger partial charge in [0.1, 0.15) is 0 Å².